The molecule has 0 aliphatic heterocycles. The zero-order valence-corrected chi connectivity index (χ0v) is 8.71. The summed E-state index contributed by atoms with van der Waals surface area (Å²) < 4.78 is 43.4. The molecule has 0 fully saturated rings. The summed E-state index contributed by atoms with van der Waals surface area (Å²) in [7, 11) is 0. The minimum Gasteiger partial charge on any atom is -0.464 e. The molecule has 0 amide bonds. The Kier molecular flexibility index (Phi) is 2.66. The third-order valence-corrected chi connectivity index (χ3v) is 2.69. The fraction of sp³-hybridized carbons (Fsp3) is 0.333. The first kappa shape index (κ1) is 11.0. The molecule has 0 saturated carbocycles. The van der Waals surface area contributed by atoms with Crippen molar-refractivity contribution in [2.45, 2.75) is 25.4 Å². The van der Waals surface area contributed by atoms with Crippen LogP contribution >= 0.6 is 0 Å². The summed E-state index contributed by atoms with van der Waals surface area (Å²) in [5.74, 6) is -1.45. The summed E-state index contributed by atoms with van der Waals surface area (Å²) in [6.07, 6.45) is -2.99. The fourth-order valence-corrected chi connectivity index (χ4v) is 1.90. The van der Waals surface area contributed by atoms with Gasteiger partial charge in [0.1, 0.15) is 5.58 Å². The summed E-state index contributed by atoms with van der Waals surface area (Å²) in [4.78, 5) is 0. The van der Waals surface area contributed by atoms with Crippen molar-refractivity contribution in [3.63, 3.8) is 0 Å². The molecule has 86 valence electrons. The van der Waals surface area contributed by atoms with Gasteiger partial charge >= 0.3 is 6.18 Å². The Morgan fingerprint density at radius 3 is 2.56 bits per heavy atom. The van der Waals surface area contributed by atoms with Crippen molar-refractivity contribution in [2.24, 2.45) is 0 Å². The number of halogens is 3. The number of fused-ring (bicyclic) bond motifs is 1. The van der Waals surface area contributed by atoms with E-state index in [1.807, 2.05) is 0 Å². The first-order chi connectivity index (χ1) is 7.54. The van der Waals surface area contributed by atoms with Crippen LogP contribution in [0.25, 0.3) is 11.0 Å². The van der Waals surface area contributed by atoms with Crippen molar-refractivity contribution in [3.05, 3.63) is 36.1 Å². The summed E-state index contributed by atoms with van der Waals surface area (Å²) in [5.41, 5.74) is 0.728. The topological polar surface area (TPSA) is 13.1 Å². The molecule has 0 bridgehead atoms. The second kappa shape index (κ2) is 3.85. The Balaban J connectivity index is 2.54. The molecule has 2 rings (SSSR count). The molecule has 1 heterocycles. The van der Waals surface area contributed by atoms with E-state index in [0.29, 0.717) is 11.0 Å². The molecule has 1 nitrogen and oxygen atoms in total. The molecular weight excluding hydrogens is 217 g/mol. The summed E-state index contributed by atoms with van der Waals surface area (Å²) in [6, 6.07) is 6.78. The van der Waals surface area contributed by atoms with Crippen LogP contribution in [-0.2, 0) is 0 Å². The van der Waals surface area contributed by atoms with E-state index in [4.69, 9.17) is 4.42 Å². The second-order valence-electron chi connectivity index (χ2n) is 3.69. The monoisotopic (exact) mass is 228 g/mol. The van der Waals surface area contributed by atoms with Gasteiger partial charge in [-0.05, 0) is 12.5 Å². The number of hydrogen-bond donors (Lipinski definition) is 0. The highest BCUT2D eigenvalue weighted by molar-refractivity contribution is 5.81. The van der Waals surface area contributed by atoms with Crippen LogP contribution in [0.2, 0.25) is 0 Å². The number of alkyl halides is 3. The normalized spacial score (nSPS) is 14.2. The number of hydrogen-bond acceptors (Lipinski definition) is 1. The van der Waals surface area contributed by atoms with Crippen molar-refractivity contribution >= 4 is 11.0 Å². The second-order valence-corrected chi connectivity index (χ2v) is 3.69. The number of benzene rings is 1. The van der Waals surface area contributed by atoms with Crippen molar-refractivity contribution in [2.75, 3.05) is 0 Å². The Morgan fingerprint density at radius 1 is 1.25 bits per heavy atom. The Bertz CT molecular complexity index is 484. The zero-order chi connectivity index (χ0) is 11.8. The Labute approximate surface area is 90.9 Å². The Morgan fingerprint density at radius 2 is 1.94 bits per heavy atom. The van der Waals surface area contributed by atoms with Gasteiger partial charge in [-0.1, -0.05) is 25.1 Å². The number of rotatable bonds is 2. The van der Waals surface area contributed by atoms with E-state index in [2.05, 4.69) is 0 Å². The van der Waals surface area contributed by atoms with E-state index in [1.165, 1.54) is 13.2 Å². The summed E-state index contributed by atoms with van der Waals surface area (Å²) >= 11 is 0. The van der Waals surface area contributed by atoms with E-state index in [1.54, 1.807) is 24.3 Å². The van der Waals surface area contributed by atoms with Gasteiger partial charge in [0.2, 0.25) is 0 Å². The lowest BCUT2D eigenvalue weighted by Gasteiger charge is -2.17. The molecule has 2 aromatic rings. The first-order valence-electron chi connectivity index (χ1n) is 5.07. The van der Waals surface area contributed by atoms with Gasteiger partial charge in [0.05, 0.1) is 12.2 Å². The average Bonchev–Trinajstić information content (AvgIpc) is 2.61. The number of para-hydroxylation sites is 1. The molecule has 16 heavy (non-hydrogen) atoms. The highest BCUT2D eigenvalue weighted by Crippen LogP contribution is 2.40. The largest absolute Gasteiger partial charge is 0.464 e. The summed E-state index contributed by atoms with van der Waals surface area (Å²) in [5, 5.41) is 0.548. The van der Waals surface area contributed by atoms with Gasteiger partial charge in [0.15, 0.2) is 0 Å². The van der Waals surface area contributed by atoms with Gasteiger partial charge in [0.25, 0.3) is 0 Å². The maximum absolute atomic E-state index is 12.8. The average molecular weight is 228 g/mol. The van der Waals surface area contributed by atoms with E-state index in [9.17, 15) is 13.2 Å². The lowest BCUT2D eigenvalue weighted by atomic mass is 9.95. The molecule has 1 unspecified atom stereocenters. The van der Waals surface area contributed by atoms with Crippen LogP contribution in [-0.4, -0.2) is 6.18 Å². The van der Waals surface area contributed by atoms with Crippen molar-refractivity contribution in [1.82, 2.24) is 0 Å². The molecule has 1 aromatic heterocycles. The van der Waals surface area contributed by atoms with Crippen LogP contribution < -0.4 is 0 Å². The van der Waals surface area contributed by atoms with Crippen LogP contribution in [0.1, 0.15) is 24.8 Å². The van der Waals surface area contributed by atoms with Gasteiger partial charge < -0.3 is 4.42 Å². The maximum atomic E-state index is 12.8. The van der Waals surface area contributed by atoms with Crippen LogP contribution in [0.5, 0.6) is 0 Å². The molecule has 0 saturated heterocycles. The van der Waals surface area contributed by atoms with E-state index < -0.39 is 12.1 Å². The minimum absolute atomic E-state index is 0.0209. The van der Waals surface area contributed by atoms with Crippen molar-refractivity contribution < 1.29 is 17.6 Å². The smallest absolute Gasteiger partial charge is 0.395 e. The zero-order valence-electron chi connectivity index (χ0n) is 8.71. The Hall–Kier alpha value is -1.45. The lowest BCUT2D eigenvalue weighted by Crippen LogP contribution is -2.19. The molecule has 0 radical (unpaired) electrons. The van der Waals surface area contributed by atoms with Gasteiger partial charge in [0, 0.05) is 10.9 Å². The third-order valence-electron chi connectivity index (χ3n) is 2.69. The minimum atomic E-state index is -4.22. The van der Waals surface area contributed by atoms with Crippen LogP contribution in [0.15, 0.2) is 34.9 Å². The van der Waals surface area contributed by atoms with E-state index >= 15 is 0 Å². The molecular formula is C12H11F3O. The molecule has 0 aliphatic rings. The molecule has 0 spiro atoms. The standard InChI is InChI=1S/C12H11F3O/c1-2-10(12(13,14)15)9-7-16-11-6-4-3-5-8(9)11/h3-7,10H,2H2,1H3. The van der Waals surface area contributed by atoms with Crippen LogP contribution in [0, 0.1) is 0 Å². The van der Waals surface area contributed by atoms with Gasteiger partial charge in [-0.3, -0.25) is 0 Å². The maximum Gasteiger partial charge on any atom is 0.395 e. The van der Waals surface area contributed by atoms with Crippen molar-refractivity contribution in [1.29, 1.82) is 0 Å². The fourth-order valence-electron chi connectivity index (χ4n) is 1.90. The van der Waals surface area contributed by atoms with Gasteiger partial charge in [-0.25, -0.2) is 0 Å². The quantitative estimate of drug-likeness (QED) is 0.738. The first-order valence-corrected chi connectivity index (χ1v) is 5.07. The van der Waals surface area contributed by atoms with Gasteiger partial charge in [-0.2, -0.15) is 13.2 Å². The van der Waals surface area contributed by atoms with Crippen LogP contribution in [0.3, 0.4) is 0 Å². The summed E-state index contributed by atoms with van der Waals surface area (Å²) in [6.45, 7) is 1.53. The third kappa shape index (κ3) is 1.79. The molecule has 1 atom stereocenters. The predicted molar refractivity (Wildman–Crippen MR) is 55.3 cm³/mol. The SMILES string of the molecule is CCC(c1coc2ccccc12)C(F)(F)F. The highest BCUT2D eigenvalue weighted by Gasteiger charge is 2.40. The van der Waals surface area contributed by atoms with Gasteiger partial charge in [-0.15, -0.1) is 0 Å². The van der Waals surface area contributed by atoms with E-state index in [-0.39, 0.29) is 12.0 Å². The molecule has 0 N–H and O–H groups in total. The predicted octanol–water partition coefficient (Wildman–Crippen LogP) is 4.49. The molecule has 0 aliphatic carbocycles. The molecule has 1 aromatic carbocycles. The highest BCUT2D eigenvalue weighted by atomic mass is 19.4. The van der Waals surface area contributed by atoms with Crippen LogP contribution in [0.4, 0.5) is 13.2 Å². The number of furan rings is 1. The van der Waals surface area contributed by atoms with E-state index in [0.717, 1.165) is 0 Å². The lowest BCUT2D eigenvalue weighted by molar-refractivity contribution is -0.150. The molecule has 4 heteroatoms. The van der Waals surface area contributed by atoms with Crippen molar-refractivity contribution in [3.8, 4) is 0 Å².